The summed E-state index contributed by atoms with van der Waals surface area (Å²) in [6.45, 7) is 9.68. The monoisotopic (exact) mass is 1510 g/mol. The van der Waals surface area contributed by atoms with Gasteiger partial charge in [0, 0.05) is 25.7 Å². The third-order valence-electron chi connectivity index (χ3n) is 20.1. The van der Waals surface area contributed by atoms with Gasteiger partial charge in [-0.25, -0.2) is 9.13 Å². The summed E-state index contributed by atoms with van der Waals surface area (Å²) in [7, 11) is -9.93. The van der Waals surface area contributed by atoms with Crippen molar-refractivity contribution in [3.63, 3.8) is 0 Å². The van der Waals surface area contributed by atoms with Crippen LogP contribution in [0.5, 0.6) is 0 Å². The first-order valence-electron chi connectivity index (χ1n) is 43.5. The van der Waals surface area contributed by atoms with Gasteiger partial charge < -0.3 is 33.8 Å². The maximum absolute atomic E-state index is 13.1. The van der Waals surface area contributed by atoms with E-state index in [2.05, 4.69) is 41.5 Å². The van der Waals surface area contributed by atoms with Crippen LogP contribution in [0.3, 0.4) is 0 Å². The number of phosphoric ester groups is 2. The van der Waals surface area contributed by atoms with Crippen LogP contribution in [0, 0.1) is 11.8 Å². The fraction of sp³-hybridized carbons (Fsp3) is 0.952. The lowest BCUT2D eigenvalue weighted by Gasteiger charge is -2.21. The molecule has 0 aromatic rings. The molecule has 0 aliphatic rings. The van der Waals surface area contributed by atoms with Gasteiger partial charge in [0.1, 0.15) is 19.3 Å². The third kappa shape index (κ3) is 76.6. The number of aliphatic hydroxyl groups is 1. The van der Waals surface area contributed by atoms with Gasteiger partial charge in [-0.15, -0.1) is 0 Å². The van der Waals surface area contributed by atoms with Gasteiger partial charge in [-0.05, 0) is 37.5 Å². The Labute approximate surface area is 632 Å². The molecule has 19 heteroatoms. The molecule has 0 aliphatic heterocycles. The van der Waals surface area contributed by atoms with E-state index in [9.17, 15) is 43.2 Å². The third-order valence-corrected chi connectivity index (χ3v) is 22.0. The van der Waals surface area contributed by atoms with Gasteiger partial charge in [0.2, 0.25) is 0 Å². The molecule has 0 radical (unpaired) electrons. The van der Waals surface area contributed by atoms with Gasteiger partial charge >= 0.3 is 39.5 Å². The molecule has 0 spiro atoms. The van der Waals surface area contributed by atoms with E-state index in [1.165, 1.54) is 263 Å². The van der Waals surface area contributed by atoms with Crippen molar-refractivity contribution in [2.24, 2.45) is 11.8 Å². The van der Waals surface area contributed by atoms with Crippen LogP contribution >= 0.6 is 15.6 Å². The van der Waals surface area contributed by atoms with Crippen molar-refractivity contribution in [3.8, 4) is 0 Å². The highest BCUT2D eigenvalue weighted by molar-refractivity contribution is 7.47. The highest BCUT2D eigenvalue weighted by atomic mass is 31.2. The summed E-state index contributed by atoms with van der Waals surface area (Å²) in [5.74, 6) is -0.542. The summed E-state index contributed by atoms with van der Waals surface area (Å²) in [5.41, 5.74) is 0. The van der Waals surface area contributed by atoms with E-state index >= 15 is 0 Å². The predicted molar refractivity (Wildman–Crippen MR) is 423 cm³/mol. The molecule has 6 atom stereocenters. The van der Waals surface area contributed by atoms with E-state index in [1.807, 2.05) is 0 Å². The SMILES string of the molecule is CCCCCCCCCCCCCCCCCCCCCC(=O)O[C@H](COC(=O)CCCCCCCCCCCCCCCCCCC)COP(=O)(O)OC[C@@H](O)COP(=O)(O)OC[C@@H](COC(=O)CCCCCCCCCCCCC(C)C)OC(=O)CCCCCCCCCCCCC(C)CC. The molecule has 0 aromatic heterocycles. The first-order chi connectivity index (χ1) is 49.9. The molecule has 612 valence electrons. The topological polar surface area (TPSA) is 237 Å². The Balaban J connectivity index is 5.27. The summed E-state index contributed by atoms with van der Waals surface area (Å²) in [5, 5.41) is 10.7. The highest BCUT2D eigenvalue weighted by Crippen LogP contribution is 2.45. The van der Waals surface area contributed by atoms with Gasteiger partial charge in [-0.3, -0.25) is 37.3 Å². The summed E-state index contributed by atoms with van der Waals surface area (Å²) < 4.78 is 68.9. The molecule has 3 unspecified atom stereocenters. The zero-order chi connectivity index (χ0) is 75.6. The van der Waals surface area contributed by atoms with Crippen LogP contribution < -0.4 is 0 Å². The van der Waals surface area contributed by atoms with Crippen molar-refractivity contribution in [2.75, 3.05) is 39.6 Å². The number of unbranched alkanes of at least 4 members (excludes halogenated alkanes) is 52. The number of carbonyl (C=O) groups excluding carboxylic acids is 4. The molecule has 3 N–H and O–H groups in total. The van der Waals surface area contributed by atoms with Gasteiger partial charge in [0.05, 0.1) is 26.4 Å². The lowest BCUT2D eigenvalue weighted by molar-refractivity contribution is -0.161. The molecular weight excluding hydrogens is 1340 g/mol. The average molecular weight is 1510 g/mol. The fourth-order valence-corrected chi connectivity index (χ4v) is 14.6. The number of aliphatic hydroxyl groups excluding tert-OH is 1. The van der Waals surface area contributed by atoms with E-state index in [-0.39, 0.29) is 25.7 Å². The van der Waals surface area contributed by atoms with Crippen LogP contribution in [0.2, 0.25) is 0 Å². The van der Waals surface area contributed by atoms with Crippen molar-refractivity contribution in [3.05, 3.63) is 0 Å². The second kappa shape index (κ2) is 75.5. The Morgan fingerprint density at radius 3 is 0.738 bits per heavy atom. The van der Waals surface area contributed by atoms with Crippen molar-refractivity contribution < 1.29 is 80.2 Å². The van der Waals surface area contributed by atoms with Crippen molar-refractivity contribution in [1.82, 2.24) is 0 Å². The molecule has 0 heterocycles. The van der Waals surface area contributed by atoms with Crippen LogP contribution in [0.15, 0.2) is 0 Å². The number of hydrogen-bond donors (Lipinski definition) is 3. The van der Waals surface area contributed by atoms with Gasteiger partial charge in [-0.2, -0.15) is 0 Å². The maximum Gasteiger partial charge on any atom is 0.472 e. The molecule has 0 aromatic carbocycles. The Kier molecular flexibility index (Phi) is 74.1. The number of hydrogen-bond acceptors (Lipinski definition) is 15. The Bertz CT molecular complexity index is 1980. The van der Waals surface area contributed by atoms with Crippen LogP contribution in [-0.4, -0.2) is 96.7 Å². The minimum Gasteiger partial charge on any atom is -0.462 e. The molecule has 0 fully saturated rings. The molecule has 103 heavy (non-hydrogen) atoms. The quantitative estimate of drug-likeness (QED) is 0.0222. The smallest absolute Gasteiger partial charge is 0.462 e. The van der Waals surface area contributed by atoms with Gasteiger partial charge in [0.15, 0.2) is 12.2 Å². The Morgan fingerprint density at radius 1 is 0.282 bits per heavy atom. The number of rotatable bonds is 83. The maximum atomic E-state index is 13.1. The first kappa shape index (κ1) is 101. The van der Waals surface area contributed by atoms with E-state index in [4.69, 9.17) is 37.0 Å². The lowest BCUT2D eigenvalue weighted by atomic mass is 9.99. The molecule has 0 bridgehead atoms. The molecular formula is C84H164O17P2. The van der Waals surface area contributed by atoms with Crippen LogP contribution in [0.1, 0.15) is 446 Å². The summed E-state index contributed by atoms with van der Waals surface area (Å²) in [6, 6.07) is 0. The van der Waals surface area contributed by atoms with Crippen molar-refractivity contribution in [2.45, 2.75) is 464 Å². The minimum absolute atomic E-state index is 0.106. The molecule has 17 nitrogen and oxygen atoms in total. The second-order valence-electron chi connectivity index (χ2n) is 30.9. The van der Waals surface area contributed by atoms with Crippen molar-refractivity contribution in [1.29, 1.82) is 0 Å². The standard InChI is InChI=1S/C84H164O17P2/c1-7-10-12-14-16-18-20-22-24-26-27-29-31-33-35-44-50-56-62-68-83(88)100-79(72-94-81(86)66-60-54-48-42-34-32-30-28-25-23-21-19-17-15-13-11-8-2)74-98-102(90,91)96-70-78(85)71-97-103(92,93)99-75-80(73-95-82(87)67-61-55-49-43-38-36-40-46-52-58-64-76(4)5)101-84(89)69-63-57-51-45-39-37-41-47-53-59-65-77(6)9-3/h76-80,85H,7-75H2,1-6H3,(H,90,91)(H,92,93)/t77?,78-,79-,80-/m1/s1. The zero-order valence-corrected chi connectivity index (χ0v) is 69.4. The summed E-state index contributed by atoms with van der Waals surface area (Å²) in [6.07, 6.45) is 66.5. The van der Waals surface area contributed by atoms with E-state index < -0.39 is 97.5 Å². The largest absolute Gasteiger partial charge is 0.472 e. The number of esters is 4. The molecule has 0 rings (SSSR count). The summed E-state index contributed by atoms with van der Waals surface area (Å²) in [4.78, 5) is 73.2. The van der Waals surface area contributed by atoms with E-state index in [1.54, 1.807) is 0 Å². The highest BCUT2D eigenvalue weighted by Gasteiger charge is 2.30. The normalized spacial score (nSPS) is 14.1. The molecule has 0 saturated heterocycles. The lowest BCUT2D eigenvalue weighted by Crippen LogP contribution is -2.30. The van der Waals surface area contributed by atoms with Crippen LogP contribution in [-0.2, 0) is 65.4 Å². The molecule has 0 aliphatic carbocycles. The van der Waals surface area contributed by atoms with Crippen molar-refractivity contribution >= 4 is 39.5 Å². The van der Waals surface area contributed by atoms with Gasteiger partial charge in [0.25, 0.3) is 0 Å². The number of ether oxygens (including phenoxy) is 4. The van der Waals surface area contributed by atoms with E-state index in [0.717, 1.165) is 102 Å². The zero-order valence-electron chi connectivity index (χ0n) is 67.6. The minimum atomic E-state index is -4.96. The number of phosphoric acid groups is 2. The summed E-state index contributed by atoms with van der Waals surface area (Å²) >= 11 is 0. The van der Waals surface area contributed by atoms with E-state index in [0.29, 0.717) is 25.7 Å². The van der Waals surface area contributed by atoms with Gasteiger partial charge in [-0.1, -0.05) is 395 Å². The first-order valence-corrected chi connectivity index (χ1v) is 46.5. The Morgan fingerprint density at radius 2 is 0.495 bits per heavy atom. The molecule has 0 amide bonds. The Hall–Kier alpha value is -1.94. The second-order valence-corrected chi connectivity index (χ2v) is 33.8. The average Bonchev–Trinajstić information content (AvgIpc) is 0.909. The van der Waals surface area contributed by atoms with Crippen LogP contribution in [0.4, 0.5) is 0 Å². The number of carbonyl (C=O) groups is 4. The predicted octanol–water partition coefficient (Wildman–Crippen LogP) is 25.5. The fourth-order valence-electron chi connectivity index (χ4n) is 13.0. The van der Waals surface area contributed by atoms with Crippen LogP contribution in [0.25, 0.3) is 0 Å². The molecule has 0 saturated carbocycles.